The molecule has 5 rings (SSSR count). The van der Waals surface area contributed by atoms with E-state index >= 15 is 0 Å². The van der Waals surface area contributed by atoms with Crippen molar-refractivity contribution in [3.05, 3.63) is 65.2 Å². The van der Waals surface area contributed by atoms with Crippen LogP contribution in [0.1, 0.15) is 92.6 Å². The molecule has 1 spiro atoms. The number of benzene rings is 2. The molecule has 2 heterocycles. The zero-order chi connectivity index (χ0) is 31.2. The molecule has 2 aliphatic heterocycles. The summed E-state index contributed by atoms with van der Waals surface area (Å²) in [5, 5.41) is 16.8. The highest BCUT2D eigenvalue weighted by atomic mass is 35.5. The van der Waals surface area contributed by atoms with E-state index in [4.69, 9.17) is 4.74 Å². The lowest BCUT2D eigenvalue weighted by molar-refractivity contribution is -0.163. The van der Waals surface area contributed by atoms with E-state index < -0.39 is 17.2 Å². The predicted octanol–water partition coefficient (Wildman–Crippen LogP) is 4.59. The molecule has 2 aromatic carbocycles. The number of aliphatic hydroxyl groups is 1. The maximum atomic E-state index is 13.8. The fraction of sp³-hybridized carbons (Fsp3) is 0.571. The Morgan fingerprint density at radius 3 is 2.24 bits per heavy atom. The number of amides is 3. The summed E-state index contributed by atoms with van der Waals surface area (Å²) in [5.41, 5.74) is 1.16. The van der Waals surface area contributed by atoms with Crippen LogP contribution in [-0.2, 0) is 22.7 Å². The number of hydrogen-bond acceptors (Lipinski definition) is 6. The minimum absolute atomic E-state index is 0. The maximum absolute atomic E-state index is 13.8. The average Bonchev–Trinajstić information content (AvgIpc) is 3.04. The lowest BCUT2D eigenvalue weighted by Crippen LogP contribution is -2.73. The van der Waals surface area contributed by atoms with E-state index in [1.165, 1.54) is 5.56 Å². The summed E-state index contributed by atoms with van der Waals surface area (Å²) in [6, 6.07) is 14.8. The molecule has 0 unspecified atom stereocenters. The molecule has 9 nitrogen and oxygen atoms in total. The Kier molecular flexibility index (Phi) is 11.9. The highest BCUT2D eigenvalue weighted by molar-refractivity contribution is 6.00. The van der Waals surface area contributed by atoms with Gasteiger partial charge in [-0.1, -0.05) is 56.9 Å². The first-order valence-corrected chi connectivity index (χ1v) is 16.4. The molecule has 10 heteroatoms. The van der Waals surface area contributed by atoms with Gasteiger partial charge < -0.3 is 25.4 Å². The highest BCUT2D eigenvalue weighted by Crippen LogP contribution is 2.37. The Morgan fingerprint density at radius 1 is 0.978 bits per heavy atom. The minimum Gasteiger partial charge on any atom is -0.489 e. The van der Waals surface area contributed by atoms with E-state index in [1.807, 2.05) is 4.90 Å². The van der Waals surface area contributed by atoms with E-state index in [9.17, 15) is 19.5 Å². The molecule has 2 aromatic rings. The number of nitrogens with zero attached hydrogens (tertiary/aromatic N) is 2. The van der Waals surface area contributed by atoms with Gasteiger partial charge in [-0.3, -0.25) is 19.3 Å². The van der Waals surface area contributed by atoms with Crippen molar-refractivity contribution in [3.8, 4) is 5.75 Å². The number of piperazine rings is 1. The average molecular weight is 641 g/mol. The van der Waals surface area contributed by atoms with Crippen LogP contribution in [0.4, 0.5) is 0 Å². The van der Waals surface area contributed by atoms with Crippen molar-refractivity contribution in [2.75, 3.05) is 26.7 Å². The molecule has 3 N–H and O–H groups in total. The molecule has 1 saturated carbocycles. The summed E-state index contributed by atoms with van der Waals surface area (Å²) in [6.07, 6.45) is 7.79. The van der Waals surface area contributed by atoms with Crippen LogP contribution in [0, 0.1) is 0 Å². The van der Waals surface area contributed by atoms with Gasteiger partial charge in [-0.05, 0) is 67.5 Å². The van der Waals surface area contributed by atoms with Gasteiger partial charge in [-0.25, -0.2) is 0 Å². The van der Waals surface area contributed by atoms with Crippen molar-refractivity contribution in [2.45, 2.75) is 101 Å². The highest BCUT2D eigenvalue weighted by Gasteiger charge is 2.54. The van der Waals surface area contributed by atoms with E-state index in [1.54, 1.807) is 31.3 Å². The zero-order valence-corrected chi connectivity index (χ0v) is 27.5. The largest absolute Gasteiger partial charge is 0.489 e. The van der Waals surface area contributed by atoms with Gasteiger partial charge in [-0.15, -0.1) is 12.4 Å². The third kappa shape index (κ3) is 8.18. The second-order valence-corrected chi connectivity index (χ2v) is 12.9. The smallest absolute Gasteiger partial charge is 0.251 e. The number of ether oxygens (including phenoxy) is 1. The Morgan fingerprint density at radius 2 is 1.62 bits per heavy atom. The summed E-state index contributed by atoms with van der Waals surface area (Å²) < 4.78 is 5.90. The number of unbranched alkanes of at least 4 members (excludes halogenated alkanes) is 1. The van der Waals surface area contributed by atoms with Gasteiger partial charge in [0.05, 0.1) is 5.60 Å². The summed E-state index contributed by atoms with van der Waals surface area (Å²) >= 11 is 0. The molecule has 0 aromatic heterocycles. The molecule has 3 amide bonds. The molecule has 2 saturated heterocycles. The molecule has 246 valence electrons. The monoisotopic (exact) mass is 640 g/mol. The van der Waals surface area contributed by atoms with E-state index in [0.717, 1.165) is 57.3 Å². The van der Waals surface area contributed by atoms with Gasteiger partial charge in [0.25, 0.3) is 5.91 Å². The van der Waals surface area contributed by atoms with Gasteiger partial charge >= 0.3 is 0 Å². The van der Waals surface area contributed by atoms with Crippen LogP contribution in [0.5, 0.6) is 5.75 Å². The van der Waals surface area contributed by atoms with Gasteiger partial charge in [-0.2, -0.15) is 0 Å². The van der Waals surface area contributed by atoms with Crippen LogP contribution in [0.15, 0.2) is 48.5 Å². The lowest BCUT2D eigenvalue weighted by atomic mass is 9.77. The number of rotatable bonds is 11. The first kappa shape index (κ1) is 34.7. The predicted molar refractivity (Wildman–Crippen MR) is 176 cm³/mol. The second kappa shape index (κ2) is 15.4. The van der Waals surface area contributed by atoms with Crippen LogP contribution in [0.2, 0.25) is 0 Å². The molecule has 0 bridgehead atoms. The molecule has 3 fully saturated rings. The Hall–Kier alpha value is -3.14. The Balaban J connectivity index is 0.00000461. The quantitative estimate of drug-likeness (QED) is 0.331. The maximum Gasteiger partial charge on any atom is 0.251 e. The van der Waals surface area contributed by atoms with Gasteiger partial charge in [0.1, 0.15) is 23.9 Å². The van der Waals surface area contributed by atoms with Crippen molar-refractivity contribution >= 4 is 30.1 Å². The SMILES string of the molecule is CCCCN1C(=O)[C@@H](CC2(O)CCCCC2)NC(=O)C12CCN(Cc1ccc(COc3ccc(C(=O)NC)cc3)cc1)CC2.Cl. The van der Waals surface area contributed by atoms with Crippen LogP contribution >= 0.6 is 12.4 Å². The third-order valence-corrected chi connectivity index (χ3v) is 9.77. The van der Waals surface area contributed by atoms with Crippen molar-refractivity contribution in [3.63, 3.8) is 0 Å². The number of hydrogen-bond donors (Lipinski definition) is 3. The first-order chi connectivity index (χ1) is 21.2. The molecular weight excluding hydrogens is 592 g/mol. The van der Waals surface area contributed by atoms with Crippen LogP contribution in [0.25, 0.3) is 0 Å². The lowest BCUT2D eigenvalue weighted by Gasteiger charge is -2.52. The third-order valence-electron chi connectivity index (χ3n) is 9.77. The van der Waals surface area contributed by atoms with Crippen molar-refractivity contribution in [1.29, 1.82) is 0 Å². The number of nitrogens with one attached hydrogen (secondary N) is 2. The fourth-order valence-corrected chi connectivity index (χ4v) is 7.04. The Bertz CT molecular complexity index is 1290. The van der Waals surface area contributed by atoms with E-state index in [0.29, 0.717) is 56.6 Å². The summed E-state index contributed by atoms with van der Waals surface area (Å²) in [6.45, 7) is 5.36. The van der Waals surface area contributed by atoms with Crippen LogP contribution in [0.3, 0.4) is 0 Å². The standard InChI is InChI=1S/C35H48N4O5.ClH/c1-3-4-20-39-32(41)30(23-34(43)16-6-5-7-17-34)37-33(42)35(39)18-21-38(22-19-35)24-26-8-10-27(11-9-26)25-44-29-14-12-28(13-15-29)31(40)36-2;/h8-15,30,43H,3-7,16-25H2,1-2H3,(H,36,40)(H,37,42);1H/t30-;/m1./s1. The van der Waals surface area contributed by atoms with Gasteiger partial charge in [0.15, 0.2) is 0 Å². The molecule has 3 aliphatic rings. The molecule has 1 atom stereocenters. The van der Waals surface area contributed by atoms with Gasteiger partial charge in [0.2, 0.25) is 11.8 Å². The van der Waals surface area contributed by atoms with Crippen molar-refractivity contribution in [1.82, 2.24) is 20.4 Å². The molecule has 45 heavy (non-hydrogen) atoms. The zero-order valence-electron chi connectivity index (χ0n) is 26.7. The Labute approximate surface area is 273 Å². The van der Waals surface area contributed by atoms with Crippen molar-refractivity contribution in [2.24, 2.45) is 0 Å². The topological polar surface area (TPSA) is 111 Å². The number of carbonyl (C=O) groups excluding carboxylic acids is 3. The number of carbonyl (C=O) groups is 3. The normalized spacial score (nSPS) is 21.1. The number of piperidine rings is 1. The first-order valence-electron chi connectivity index (χ1n) is 16.4. The van der Waals surface area contributed by atoms with Crippen LogP contribution < -0.4 is 15.4 Å². The van der Waals surface area contributed by atoms with Crippen molar-refractivity contribution < 1.29 is 24.2 Å². The molecule has 1 aliphatic carbocycles. The summed E-state index contributed by atoms with van der Waals surface area (Å²) in [4.78, 5) is 43.5. The summed E-state index contributed by atoms with van der Waals surface area (Å²) in [5.74, 6) is 0.508. The number of likely N-dealkylation sites (tertiary alicyclic amines) is 1. The fourth-order valence-electron chi connectivity index (χ4n) is 7.04. The van der Waals surface area contributed by atoms with E-state index in [-0.39, 0.29) is 30.1 Å². The van der Waals surface area contributed by atoms with Gasteiger partial charge in [0, 0.05) is 45.2 Å². The van der Waals surface area contributed by atoms with E-state index in [2.05, 4.69) is 46.7 Å². The second-order valence-electron chi connectivity index (χ2n) is 12.9. The summed E-state index contributed by atoms with van der Waals surface area (Å²) in [7, 11) is 1.61. The minimum atomic E-state index is -0.864. The molecule has 0 radical (unpaired) electrons. The molecular formula is C35H49ClN4O5. The van der Waals surface area contributed by atoms with Crippen LogP contribution in [-0.4, -0.2) is 76.5 Å². The number of halogens is 1.